The van der Waals surface area contributed by atoms with Crippen molar-refractivity contribution < 1.29 is 9.53 Å². The Hall–Kier alpha value is -0.530. The maximum absolute atomic E-state index is 11.2. The fraction of sp³-hybridized carbons (Fsp3) is 0.875. The van der Waals surface area contributed by atoms with Crippen molar-refractivity contribution in [3.63, 3.8) is 0 Å². The predicted molar refractivity (Wildman–Crippen MR) is 36.4 cm³/mol. The van der Waals surface area contributed by atoms with Crippen LogP contribution in [0.15, 0.2) is 0 Å². The lowest BCUT2D eigenvalue weighted by Crippen LogP contribution is -2.24. The molecule has 0 unspecified atom stereocenters. The summed E-state index contributed by atoms with van der Waals surface area (Å²) < 4.78 is 4.98. The van der Waals surface area contributed by atoms with Gasteiger partial charge in [0, 0.05) is 5.92 Å². The number of carbonyl (C=O) groups excluding carboxylic acids is 1. The number of ether oxygens (including phenoxy) is 1. The second kappa shape index (κ2) is 1.74. The molecule has 1 saturated heterocycles. The zero-order valence-electron chi connectivity index (χ0n) is 6.22. The normalized spacial score (nSPS) is 45.3. The molecule has 0 N–H and O–H groups in total. The minimum absolute atomic E-state index is 0.0370. The van der Waals surface area contributed by atoms with E-state index in [0.717, 1.165) is 6.42 Å². The second-order valence-corrected chi connectivity index (χ2v) is 3.61. The first-order valence-electron chi connectivity index (χ1n) is 3.91. The van der Waals surface area contributed by atoms with Crippen LogP contribution in [-0.4, -0.2) is 12.6 Å². The number of hydrogen-bond donors (Lipinski definition) is 0. The van der Waals surface area contributed by atoms with E-state index >= 15 is 0 Å². The van der Waals surface area contributed by atoms with Gasteiger partial charge in [0.1, 0.15) is 0 Å². The molecule has 0 aromatic heterocycles. The average molecular weight is 140 g/mol. The summed E-state index contributed by atoms with van der Waals surface area (Å²) in [5, 5.41) is 0. The Morgan fingerprint density at radius 1 is 1.70 bits per heavy atom. The maximum atomic E-state index is 11.2. The van der Waals surface area contributed by atoms with E-state index < -0.39 is 0 Å². The van der Waals surface area contributed by atoms with Gasteiger partial charge in [-0.15, -0.1) is 0 Å². The largest absolute Gasteiger partial charge is 0.465 e. The third kappa shape index (κ3) is 0.568. The lowest BCUT2D eigenvalue weighted by Gasteiger charge is -2.16. The van der Waals surface area contributed by atoms with Gasteiger partial charge in [-0.3, -0.25) is 4.79 Å². The van der Waals surface area contributed by atoms with Crippen molar-refractivity contribution in [2.24, 2.45) is 11.3 Å². The zero-order chi connectivity index (χ0) is 7.19. The standard InChI is InChI=1S/C8H12O2/c1-8-4-2-3-6(8)5-10-7(8)9/h6H,2-5H2,1H3/t6-,8-/m0/s1. The van der Waals surface area contributed by atoms with Crippen LogP contribution in [0.3, 0.4) is 0 Å². The van der Waals surface area contributed by atoms with E-state index in [2.05, 4.69) is 0 Å². The molecular weight excluding hydrogens is 128 g/mol. The Kier molecular flexibility index (Phi) is 1.08. The number of hydrogen-bond acceptors (Lipinski definition) is 2. The molecule has 0 amide bonds. The number of carbonyl (C=O) groups is 1. The van der Waals surface area contributed by atoms with Crippen molar-refractivity contribution in [3.05, 3.63) is 0 Å². The summed E-state index contributed by atoms with van der Waals surface area (Å²) in [4.78, 5) is 11.2. The molecule has 1 heterocycles. The van der Waals surface area contributed by atoms with Gasteiger partial charge in [-0.1, -0.05) is 6.42 Å². The van der Waals surface area contributed by atoms with Crippen molar-refractivity contribution in [3.8, 4) is 0 Å². The van der Waals surface area contributed by atoms with Crippen LogP contribution in [0.2, 0.25) is 0 Å². The van der Waals surface area contributed by atoms with Gasteiger partial charge in [-0.05, 0) is 19.8 Å². The molecule has 10 heavy (non-hydrogen) atoms. The Labute approximate surface area is 60.6 Å². The van der Waals surface area contributed by atoms with E-state index in [4.69, 9.17) is 4.74 Å². The highest BCUT2D eigenvalue weighted by molar-refractivity contribution is 5.79. The minimum atomic E-state index is -0.0972. The molecule has 0 aromatic carbocycles. The highest BCUT2D eigenvalue weighted by atomic mass is 16.5. The molecule has 0 bridgehead atoms. The lowest BCUT2D eigenvalue weighted by atomic mass is 9.83. The first kappa shape index (κ1) is 6.20. The highest BCUT2D eigenvalue weighted by Crippen LogP contribution is 2.47. The molecule has 56 valence electrons. The van der Waals surface area contributed by atoms with Crippen molar-refractivity contribution >= 4 is 5.97 Å². The van der Waals surface area contributed by atoms with Crippen LogP contribution < -0.4 is 0 Å². The smallest absolute Gasteiger partial charge is 0.312 e. The van der Waals surface area contributed by atoms with Gasteiger partial charge in [0.2, 0.25) is 0 Å². The van der Waals surface area contributed by atoms with Crippen LogP contribution in [0.25, 0.3) is 0 Å². The molecule has 2 heteroatoms. The van der Waals surface area contributed by atoms with E-state index in [0.29, 0.717) is 12.5 Å². The van der Waals surface area contributed by atoms with Gasteiger partial charge in [0.05, 0.1) is 12.0 Å². The maximum Gasteiger partial charge on any atom is 0.312 e. The first-order chi connectivity index (χ1) is 4.73. The number of rotatable bonds is 0. The molecule has 2 rings (SSSR count). The van der Waals surface area contributed by atoms with Crippen molar-refractivity contribution in [1.82, 2.24) is 0 Å². The fourth-order valence-corrected chi connectivity index (χ4v) is 2.12. The summed E-state index contributed by atoms with van der Waals surface area (Å²) >= 11 is 0. The summed E-state index contributed by atoms with van der Waals surface area (Å²) in [7, 11) is 0. The molecule has 2 nitrogen and oxygen atoms in total. The third-order valence-electron chi connectivity index (χ3n) is 3.03. The van der Waals surface area contributed by atoms with E-state index in [-0.39, 0.29) is 11.4 Å². The van der Waals surface area contributed by atoms with Gasteiger partial charge in [-0.2, -0.15) is 0 Å². The molecule has 0 spiro atoms. The van der Waals surface area contributed by atoms with Crippen LogP contribution in [0.5, 0.6) is 0 Å². The molecular formula is C8H12O2. The Balaban J connectivity index is 2.30. The molecule has 0 aromatic rings. The van der Waals surface area contributed by atoms with Crippen LogP contribution in [0.4, 0.5) is 0 Å². The van der Waals surface area contributed by atoms with E-state index in [1.807, 2.05) is 6.92 Å². The number of esters is 1. The number of fused-ring (bicyclic) bond motifs is 1. The third-order valence-corrected chi connectivity index (χ3v) is 3.03. The summed E-state index contributed by atoms with van der Waals surface area (Å²) in [5.74, 6) is 0.565. The second-order valence-electron chi connectivity index (χ2n) is 3.61. The Morgan fingerprint density at radius 2 is 2.50 bits per heavy atom. The first-order valence-corrected chi connectivity index (χ1v) is 3.91. The van der Waals surface area contributed by atoms with Gasteiger partial charge in [0.25, 0.3) is 0 Å². The Morgan fingerprint density at radius 3 is 3.20 bits per heavy atom. The number of cyclic esters (lactones) is 1. The van der Waals surface area contributed by atoms with E-state index in [9.17, 15) is 4.79 Å². The van der Waals surface area contributed by atoms with Crippen molar-refractivity contribution in [2.45, 2.75) is 26.2 Å². The van der Waals surface area contributed by atoms with Crippen molar-refractivity contribution in [2.75, 3.05) is 6.61 Å². The SMILES string of the molecule is C[C@]12CCC[C@H]1COC2=O. The van der Waals surface area contributed by atoms with Gasteiger partial charge in [0.15, 0.2) is 0 Å². The molecule has 1 aliphatic carbocycles. The molecule has 0 radical (unpaired) electrons. The van der Waals surface area contributed by atoms with Crippen LogP contribution >= 0.6 is 0 Å². The fourth-order valence-electron chi connectivity index (χ4n) is 2.12. The zero-order valence-corrected chi connectivity index (χ0v) is 6.22. The molecule has 1 saturated carbocycles. The monoisotopic (exact) mass is 140 g/mol. The molecule has 1 aliphatic heterocycles. The quantitative estimate of drug-likeness (QED) is 0.475. The topological polar surface area (TPSA) is 26.3 Å². The van der Waals surface area contributed by atoms with Crippen LogP contribution in [0.1, 0.15) is 26.2 Å². The van der Waals surface area contributed by atoms with Gasteiger partial charge >= 0.3 is 5.97 Å². The summed E-state index contributed by atoms with van der Waals surface area (Å²) in [6.45, 7) is 2.72. The van der Waals surface area contributed by atoms with Gasteiger partial charge < -0.3 is 4.74 Å². The van der Waals surface area contributed by atoms with Gasteiger partial charge in [-0.25, -0.2) is 0 Å². The predicted octanol–water partition coefficient (Wildman–Crippen LogP) is 1.35. The van der Waals surface area contributed by atoms with Crippen molar-refractivity contribution in [1.29, 1.82) is 0 Å². The molecule has 2 fully saturated rings. The van der Waals surface area contributed by atoms with Crippen LogP contribution in [0, 0.1) is 11.3 Å². The summed E-state index contributed by atoms with van der Waals surface area (Å²) in [5.41, 5.74) is -0.0972. The minimum Gasteiger partial charge on any atom is -0.465 e. The highest BCUT2D eigenvalue weighted by Gasteiger charge is 2.51. The van der Waals surface area contributed by atoms with E-state index in [1.165, 1.54) is 12.8 Å². The van der Waals surface area contributed by atoms with Crippen LogP contribution in [-0.2, 0) is 9.53 Å². The molecule has 2 aliphatic rings. The molecule has 2 atom stereocenters. The summed E-state index contributed by atoms with van der Waals surface area (Å²) in [6, 6.07) is 0. The average Bonchev–Trinajstić information content (AvgIpc) is 2.36. The van der Waals surface area contributed by atoms with E-state index in [1.54, 1.807) is 0 Å². The summed E-state index contributed by atoms with van der Waals surface area (Å²) in [6.07, 6.45) is 3.43. The lowest BCUT2D eigenvalue weighted by molar-refractivity contribution is -0.145. The Bertz CT molecular complexity index is 176.